The van der Waals surface area contributed by atoms with Crippen molar-refractivity contribution in [1.29, 1.82) is 0 Å². The second kappa shape index (κ2) is 5.21. The van der Waals surface area contributed by atoms with E-state index >= 15 is 0 Å². The molecule has 0 unspecified atom stereocenters. The van der Waals surface area contributed by atoms with Crippen molar-refractivity contribution in [3.63, 3.8) is 0 Å². The van der Waals surface area contributed by atoms with Crippen molar-refractivity contribution in [1.82, 2.24) is 4.90 Å². The molecule has 6 heteroatoms. The van der Waals surface area contributed by atoms with Gasteiger partial charge >= 0.3 is 6.18 Å². The molecule has 0 bridgehead atoms. The van der Waals surface area contributed by atoms with E-state index in [-0.39, 0.29) is 11.5 Å². The van der Waals surface area contributed by atoms with E-state index in [1.54, 1.807) is 6.92 Å². The predicted octanol–water partition coefficient (Wildman–Crippen LogP) is 2.49. The number of amides is 1. The maximum atomic E-state index is 12.7. The van der Waals surface area contributed by atoms with Crippen molar-refractivity contribution < 1.29 is 22.7 Å². The highest BCUT2D eigenvalue weighted by atomic mass is 19.4. The Kier molecular flexibility index (Phi) is 3.80. The first-order valence-electron chi connectivity index (χ1n) is 5.94. The monoisotopic (exact) mass is 273 g/mol. The first kappa shape index (κ1) is 13.9. The molecule has 0 atom stereocenters. The lowest BCUT2D eigenvalue weighted by Gasteiger charge is -2.27. The van der Waals surface area contributed by atoms with Crippen molar-refractivity contribution in [2.45, 2.75) is 13.1 Å². The van der Waals surface area contributed by atoms with E-state index in [1.807, 2.05) is 0 Å². The van der Waals surface area contributed by atoms with Gasteiger partial charge < -0.3 is 9.64 Å². The number of halogens is 3. The summed E-state index contributed by atoms with van der Waals surface area (Å²) in [5.74, 6) is -0.377. The van der Waals surface area contributed by atoms with Gasteiger partial charge in [-0.3, -0.25) is 4.79 Å². The van der Waals surface area contributed by atoms with E-state index in [1.165, 1.54) is 11.0 Å². The van der Waals surface area contributed by atoms with Gasteiger partial charge in [0.2, 0.25) is 0 Å². The third-order valence-electron chi connectivity index (χ3n) is 2.95. The van der Waals surface area contributed by atoms with Gasteiger partial charge in [0.05, 0.1) is 18.8 Å². The molecule has 1 amide bonds. The summed E-state index contributed by atoms with van der Waals surface area (Å²) in [6.45, 7) is 3.21. The maximum Gasteiger partial charge on any atom is 0.416 e. The largest absolute Gasteiger partial charge is 0.416 e. The molecule has 0 N–H and O–H groups in total. The van der Waals surface area contributed by atoms with Gasteiger partial charge in [-0.25, -0.2) is 0 Å². The van der Waals surface area contributed by atoms with Crippen LogP contribution in [-0.4, -0.2) is 37.1 Å². The second-order valence-corrected chi connectivity index (χ2v) is 4.49. The van der Waals surface area contributed by atoms with Crippen molar-refractivity contribution >= 4 is 5.91 Å². The number of rotatable bonds is 1. The first-order chi connectivity index (χ1) is 8.88. The van der Waals surface area contributed by atoms with E-state index in [0.717, 1.165) is 12.1 Å². The standard InChI is InChI=1S/C13H14F3NO2/c1-9-6-10(8-11(7-9)13(14,15)16)12(18)17-2-4-19-5-3-17/h6-8H,2-5H2,1H3. The Morgan fingerprint density at radius 3 is 2.42 bits per heavy atom. The van der Waals surface area contributed by atoms with Crippen LogP contribution in [0, 0.1) is 6.92 Å². The zero-order chi connectivity index (χ0) is 14.0. The fourth-order valence-corrected chi connectivity index (χ4v) is 2.02. The highest BCUT2D eigenvalue weighted by molar-refractivity contribution is 5.94. The van der Waals surface area contributed by atoms with Gasteiger partial charge in [-0.1, -0.05) is 0 Å². The molecule has 104 valence electrons. The Balaban J connectivity index is 2.28. The summed E-state index contributed by atoms with van der Waals surface area (Å²) < 4.78 is 43.2. The summed E-state index contributed by atoms with van der Waals surface area (Å²) in [5.41, 5.74) is -0.287. The third kappa shape index (κ3) is 3.26. The molecule has 3 nitrogen and oxygen atoms in total. The number of nitrogens with zero attached hydrogens (tertiary/aromatic N) is 1. The Bertz CT molecular complexity index is 479. The number of morpholine rings is 1. The highest BCUT2D eigenvalue weighted by Gasteiger charge is 2.32. The van der Waals surface area contributed by atoms with Crippen molar-refractivity contribution in [3.05, 3.63) is 34.9 Å². The number of ether oxygens (including phenoxy) is 1. The Labute approximate surface area is 109 Å². The van der Waals surface area contributed by atoms with Gasteiger partial charge in [0.25, 0.3) is 5.91 Å². The second-order valence-electron chi connectivity index (χ2n) is 4.49. The van der Waals surface area contributed by atoms with Gasteiger partial charge in [-0.2, -0.15) is 13.2 Å². The van der Waals surface area contributed by atoms with E-state index in [2.05, 4.69) is 0 Å². The molecule has 1 aliphatic rings. The van der Waals surface area contributed by atoms with Crippen LogP contribution in [-0.2, 0) is 10.9 Å². The fourth-order valence-electron chi connectivity index (χ4n) is 2.02. The van der Waals surface area contributed by atoms with E-state index < -0.39 is 11.7 Å². The van der Waals surface area contributed by atoms with E-state index in [9.17, 15) is 18.0 Å². The van der Waals surface area contributed by atoms with Gasteiger partial charge in [0, 0.05) is 18.7 Å². The molecule has 1 aromatic rings. The van der Waals surface area contributed by atoms with Gasteiger partial charge in [0.15, 0.2) is 0 Å². The van der Waals surface area contributed by atoms with Crippen LogP contribution >= 0.6 is 0 Å². The zero-order valence-corrected chi connectivity index (χ0v) is 10.5. The molecule has 1 saturated heterocycles. The lowest BCUT2D eigenvalue weighted by molar-refractivity contribution is -0.137. The molecule has 1 aromatic carbocycles. The number of hydrogen-bond donors (Lipinski definition) is 0. The molecule has 1 fully saturated rings. The van der Waals surface area contributed by atoms with Crippen LogP contribution < -0.4 is 0 Å². The number of benzene rings is 1. The van der Waals surface area contributed by atoms with Gasteiger partial charge in [0.1, 0.15) is 0 Å². The third-order valence-corrected chi connectivity index (χ3v) is 2.95. The first-order valence-corrected chi connectivity index (χ1v) is 5.94. The van der Waals surface area contributed by atoms with E-state index in [4.69, 9.17) is 4.74 Å². The minimum atomic E-state index is -4.44. The summed E-state index contributed by atoms with van der Waals surface area (Å²) in [4.78, 5) is 13.6. The van der Waals surface area contributed by atoms with Crippen LogP contribution in [0.15, 0.2) is 18.2 Å². The molecule has 0 spiro atoms. The molecular formula is C13H14F3NO2. The van der Waals surface area contributed by atoms with Crippen molar-refractivity contribution in [3.8, 4) is 0 Å². The molecule has 2 rings (SSSR count). The number of aryl methyl sites for hydroxylation is 1. The number of carbonyl (C=O) groups excluding carboxylic acids is 1. The molecule has 0 radical (unpaired) electrons. The van der Waals surface area contributed by atoms with Crippen molar-refractivity contribution in [2.75, 3.05) is 26.3 Å². The SMILES string of the molecule is Cc1cc(C(=O)N2CCOCC2)cc(C(F)(F)F)c1. The normalized spacial score (nSPS) is 16.5. The van der Waals surface area contributed by atoms with Crippen LogP contribution in [0.25, 0.3) is 0 Å². The number of carbonyl (C=O) groups is 1. The van der Waals surface area contributed by atoms with Crippen LogP contribution in [0.5, 0.6) is 0 Å². The number of alkyl halides is 3. The summed E-state index contributed by atoms with van der Waals surface area (Å²) in [6.07, 6.45) is -4.44. The van der Waals surface area contributed by atoms with Gasteiger partial charge in [-0.05, 0) is 30.7 Å². The Morgan fingerprint density at radius 1 is 1.21 bits per heavy atom. The zero-order valence-electron chi connectivity index (χ0n) is 10.5. The lowest BCUT2D eigenvalue weighted by atomic mass is 10.0. The summed E-state index contributed by atoms with van der Waals surface area (Å²) in [5, 5.41) is 0. The average Bonchev–Trinajstić information content (AvgIpc) is 2.37. The molecule has 0 aromatic heterocycles. The van der Waals surface area contributed by atoms with Gasteiger partial charge in [-0.15, -0.1) is 0 Å². The average molecular weight is 273 g/mol. The van der Waals surface area contributed by atoms with E-state index in [0.29, 0.717) is 31.9 Å². The predicted molar refractivity (Wildman–Crippen MR) is 62.9 cm³/mol. The highest BCUT2D eigenvalue weighted by Crippen LogP contribution is 2.30. The van der Waals surface area contributed by atoms with Crippen molar-refractivity contribution in [2.24, 2.45) is 0 Å². The van der Waals surface area contributed by atoms with Crippen LogP contribution in [0.4, 0.5) is 13.2 Å². The molecule has 1 aliphatic heterocycles. The topological polar surface area (TPSA) is 29.5 Å². The summed E-state index contributed by atoms with van der Waals surface area (Å²) in [6, 6.07) is 3.42. The quantitative estimate of drug-likeness (QED) is 0.786. The molecule has 0 aliphatic carbocycles. The molecule has 19 heavy (non-hydrogen) atoms. The van der Waals surface area contributed by atoms with Crippen LogP contribution in [0.2, 0.25) is 0 Å². The smallest absolute Gasteiger partial charge is 0.378 e. The molecule has 1 heterocycles. The minimum Gasteiger partial charge on any atom is -0.378 e. The minimum absolute atomic E-state index is 0.0780. The van der Waals surface area contributed by atoms with Crippen LogP contribution in [0.1, 0.15) is 21.5 Å². The Morgan fingerprint density at radius 2 is 1.84 bits per heavy atom. The Hall–Kier alpha value is -1.56. The van der Waals surface area contributed by atoms with Crippen LogP contribution in [0.3, 0.4) is 0 Å². The number of hydrogen-bond acceptors (Lipinski definition) is 2. The fraction of sp³-hybridized carbons (Fsp3) is 0.462. The molecule has 0 saturated carbocycles. The lowest BCUT2D eigenvalue weighted by Crippen LogP contribution is -2.40. The summed E-state index contributed by atoms with van der Waals surface area (Å²) >= 11 is 0. The maximum absolute atomic E-state index is 12.7. The molecular weight excluding hydrogens is 259 g/mol. The summed E-state index contributed by atoms with van der Waals surface area (Å²) in [7, 11) is 0.